The van der Waals surface area contributed by atoms with Gasteiger partial charge in [0.15, 0.2) is 5.82 Å². The average Bonchev–Trinajstić information content (AvgIpc) is 3.05. The Morgan fingerprint density at radius 1 is 1.12 bits per heavy atom. The Morgan fingerprint density at radius 2 is 1.84 bits per heavy atom. The van der Waals surface area contributed by atoms with Crippen LogP contribution < -0.4 is 5.32 Å². The highest BCUT2D eigenvalue weighted by Gasteiger charge is 2.31. The lowest BCUT2D eigenvalue weighted by atomic mass is 9.84. The molecule has 1 atom stereocenters. The van der Waals surface area contributed by atoms with E-state index < -0.39 is 0 Å². The maximum atomic E-state index is 12.1. The SMILES string of the molecule is CCc1ccc([C@H]2CC(=O)Nc3n[nH]c(-c4ccc(Cl)cc4)c32)cc1. The highest BCUT2D eigenvalue weighted by molar-refractivity contribution is 6.30. The molecule has 3 aromatic rings. The number of aryl methyl sites for hydroxylation is 1. The summed E-state index contributed by atoms with van der Waals surface area (Å²) in [5.41, 5.74) is 5.38. The molecule has 5 heteroatoms. The second-order valence-electron chi connectivity index (χ2n) is 6.27. The van der Waals surface area contributed by atoms with Crippen LogP contribution in [0.5, 0.6) is 0 Å². The Morgan fingerprint density at radius 3 is 2.52 bits per heavy atom. The van der Waals surface area contributed by atoms with E-state index in [2.05, 4.69) is 46.7 Å². The molecular weight excluding hydrogens is 334 g/mol. The summed E-state index contributed by atoms with van der Waals surface area (Å²) in [6.07, 6.45) is 1.41. The summed E-state index contributed by atoms with van der Waals surface area (Å²) >= 11 is 6.01. The van der Waals surface area contributed by atoms with E-state index in [0.29, 0.717) is 17.3 Å². The summed E-state index contributed by atoms with van der Waals surface area (Å²) in [7, 11) is 0. The van der Waals surface area contributed by atoms with E-state index in [1.807, 2.05) is 24.3 Å². The lowest BCUT2D eigenvalue weighted by Gasteiger charge is -2.23. The molecule has 126 valence electrons. The van der Waals surface area contributed by atoms with Crippen LogP contribution in [0.1, 0.15) is 36.0 Å². The molecule has 0 spiro atoms. The fourth-order valence-electron chi connectivity index (χ4n) is 3.36. The summed E-state index contributed by atoms with van der Waals surface area (Å²) in [5, 5.41) is 11.0. The molecular formula is C20H18ClN3O. The minimum atomic E-state index is -0.0147. The molecule has 2 aromatic carbocycles. The van der Waals surface area contributed by atoms with E-state index in [9.17, 15) is 4.79 Å². The van der Waals surface area contributed by atoms with Gasteiger partial charge in [-0.25, -0.2) is 0 Å². The molecule has 0 aliphatic carbocycles. The van der Waals surface area contributed by atoms with Gasteiger partial charge in [0.05, 0.1) is 5.69 Å². The Bertz CT molecular complexity index is 913. The highest BCUT2D eigenvalue weighted by atomic mass is 35.5. The van der Waals surface area contributed by atoms with E-state index in [4.69, 9.17) is 11.6 Å². The first kappa shape index (κ1) is 15.9. The zero-order chi connectivity index (χ0) is 17.4. The van der Waals surface area contributed by atoms with Gasteiger partial charge in [0.25, 0.3) is 0 Å². The van der Waals surface area contributed by atoms with Gasteiger partial charge in [-0.1, -0.05) is 54.9 Å². The number of amides is 1. The first-order chi connectivity index (χ1) is 12.2. The number of anilines is 1. The van der Waals surface area contributed by atoms with Crippen molar-refractivity contribution in [1.29, 1.82) is 0 Å². The van der Waals surface area contributed by atoms with E-state index in [0.717, 1.165) is 28.8 Å². The summed E-state index contributed by atoms with van der Waals surface area (Å²) in [5.74, 6) is 0.594. The number of hydrogen-bond donors (Lipinski definition) is 2. The molecule has 0 radical (unpaired) electrons. The molecule has 1 amide bonds. The monoisotopic (exact) mass is 351 g/mol. The summed E-state index contributed by atoms with van der Waals surface area (Å²) in [4.78, 5) is 12.1. The Labute approximate surface area is 151 Å². The number of aromatic amines is 1. The zero-order valence-electron chi connectivity index (χ0n) is 13.8. The van der Waals surface area contributed by atoms with E-state index >= 15 is 0 Å². The van der Waals surface area contributed by atoms with Gasteiger partial charge in [0.1, 0.15) is 0 Å². The number of rotatable bonds is 3. The average molecular weight is 352 g/mol. The molecule has 4 rings (SSSR count). The second-order valence-corrected chi connectivity index (χ2v) is 6.70. The van der Waals surface area contributed by atoms with E-state index in [1.165, 1.54) is 5.56 Å². The molecule has 0 saturated carbocycles. The van der Waals surface area contributed by atoms with Crippen LogP contribution in [0.2, 0.25) is 5.02 Å². The van der Waals surface area contributed by atoms with Crippen molar-refractivity contribution in [2.75, 3.05) is 5.32 Å². The number of nitrogens with one attached hydrogen (secondary N) is 2. The van der Waals surface area contributed by atoms with Crippen LogP contribution in [-0.2, 0) is 11.2 Å². The fraction of sp³-hybridized carbons (Fsp3) is 0.200. The predicted molar refractivity (Wildman–Crippen MR) is 99.9 cm³/mol. The van der Waals surface area contributed by atoms with Crippen LogP contribution in [0.4, 0.5) is 5.82 Å². The van der Waals surface area contributed by atoms with Gasteiger partial charge in [-0.2, -0.15) is 5.10 Å². The first-order valence-corrected chi connectivity index (χ1v) is 8.76. The third-order valence-electron chi connectivity index (χ3n) is 4.72. The van der Waals surface area contributed by atoms with Crippen molar-refractivity contribution in [3.8, 4) is 11.3 Å². The molecule has 1 aliphatic heterocycles. The molecule has 4 nitrogen and oxygen atoms in total. The minimum absolute atomic E-state index is 0.00813. The van der Waals surface area contributed by atoms with Crippen LogP contribution in [0.15, 0.2) is 48.5 Å². The summed E-state index contributed by atoms with van der Waals surface area (Å²) < 4.78 is 0. The molecule has 25 heavy (non-hydrogen) atoms. The maximum Gasteiger partial charge on any atom is 0.226 e. The van der Waals surface area contributed by atoms with Crippen molar-refractivity contribution in [3.63, 3.8) is 0 Å². The quantitative estimate of drug-likeness (QED) is 0.714. The number of nitrogens with zero attached hydrogens (tertiary/aromatic N) is 1. The summed E-state index contributed by atoms with van der Waals surface area (Å²) in [6, 6.07) is 16.1. The Kier molecular flexibility index (Phi) is 4.06. The fourth-order valence-corrected chi connectivity index (χ4v) is 3.49. The predicted octanol–water partition coefficient (Wildman–Crippen LogP) is 4.77. The summed E-state index contributed by atoms with van der Waals surface area (Å²) in [6.45, 7) is 2.13. The van der Waals surface area contributed by atoms with Crippen LogP contribution >= 0.6 is 11.6 Å². The van der Waals surface area contributed by atoms with Gasteiger partial charge in [-0.05, 0) is 29.7 Å². The minimum Gasteiger partial charge on any atom is -0.309 e. The Balaban J connectivity index is 1.82. The van der Waals surface area contributed by atoms with Gasteiger partial charge >= 0.3 is 0 Å². The molecule has 2 heterocycles. The lowest BCUT2D eigenvalue weighted by Crippen LogP contribution is -2.23. The van der Waals surface area contributed by atoms with Crippen molar-refractivity contribution in [2.45, 2.75) is 25.7 Å². The van der Waals surface area contributed by atoms with Crippen molar-refractivity contribution in [2.24, 2.45) is 0 Å². The Hall–Kier alpha value is -2.59. The van der Waals surface area contributed by atoms with Crippen molar-refractivity contribution in [3.05, 3.63) is 70.2 Å². The van der Waals surface area contributed by atoms with Gasteiger partial charge in [0, 0.05) is 28.5 Å². The van der Waals surface area contributed by atoms with Gasteiger partial charge in [-0.15, -0.1) is 0 Å². The van der Waals surface area contributed by atoms with Crippen LogP contribution in [-0.4, -0.2) is 16.1 Å². The molecule has 0 unspecified atom stereocenters. The largest absolute Gasteiger partial charge is 0.309 e. The number of benzene rings is 2. The number of halogens is 1. The third kappa shape index (κ3) is 2.94. The van der Waals surface area contributed by atoms with Crippen molar-refractivity contribution >= 4 is 23.3 Å². The van der Waals surface area contributed by atoms with Gasteiger partial charge in [0.2, 0.25) is 5.91 Å². The molecule has 1 aliphatic rings. The molecule has 2 N–H and O–H groups in total. The standard InChI is InChI=1S/C20H18ClN3O/c1-2-12-3-5-13(6-4-12)16-11-17(25)22-20-18(16)19(23-24-20)14-7-9-15(21)10-8-14/h3-10,16H,2,11H2,1H3,(H2,22,23,24,25)/t16-/m1/s1. The zero-order valence-corrected chi connectivity index (χ0v) is 14.6. The first-order valence-electron chi connectivity index (χ1n) is 8.38. The van der Waals surface area contributed by atoms with Crippen molar-refractivity contribution in [1.82, 2.24) is 10.2 Å². The molecule has 0 fully saturated rings. The highest BCUT2D eigenvalue weighted by Crippen LogP contribution is 2.41. The lowest BCUT2D eigenvalue weighted by molar-refractivity contribution is -0.116. The van der Waals surface area contributed by atoms with Gasteiger partial charge < -0.3 is 5.32 Å². The number of aromatic nitrogens is 2. The smallest absolute Gasteiger partial charge is 0.226 e. The van der Waals surface area contributed by atoms with Crippen LogP contribution in [0.3, 0.4) is 0 Å². The molecule has 0 bridgehead atoms. The molecule has 1 aromatic heterocycles. The normalized spacial score (nSPS) is 16.4. The molecule has 0 saturated heterocycles. The van der Waals surface area contributed by atoms with Crippen LogP contribution in [0, 0.1) is 0 Å². The number of H-pyrrole nitrogens is 1. The number of carbonyl (C=O) groups excluding carboxylic acids is 1. The number of fused-ring (bicyclic) bond motifs is 1. The third-order valence-corrected chi connectivity index (χ3v) is 4.97. The second kappa shape index (κ2) is 6.37. The number of carbonyl (C=O) groups is 1. The topological polar surface area (TPSA) is 57.8 Å². The van der Waals surface area contributed by atoms with E-state index in [1.54, 1.807) is 0 Å². The van der Waals surface area contributed by atoms with E-state index in [-0.39, 0.29) is 11.8 Å². The van der Waals surface area contributed by atoms with Crippen LogP contribution in [0.25, 0.3) is 11.3 Å². The van der Waals surface area contributed by atoms with Crippen molar-refractivity contribution < 1.29 is 4.79 Å². The maximum absolute atomic E-state index is 12.1. The van der Waals surface area contributed by atoms with Gasteiger partial charge in [-0.3, -0.25) is 9.89 Å². The number of hydrogen-bond acceptors (Lipinski definition) is 2.